The fourth-order valence-electron chi connectivity index (χ4n) is 4.61. The maximum atomic E-state index is 6.46. The van der Waals surface area contributed by atoms with E-state index in [2.05, 4.69) is 84.8 Å². The van der Waals surface area contributed by atoms with Crippen molar-refractivity contribution in [3.05, 3.63) is 41.9 Å². The molecule has 4 heteroatoms. The molecule has 0 bridgehead atoms. The molecule has 0 radical (unpaired) electrons. The van der Waals surface area contributed by atoms with Crippen molar-refractivity contribution in [2.24, 2.45) is 0 Å². The third-order valence-electron chi connectivity index (χ3n) is 7.26. The van der Waals surface area contributed by atoms with E-state index < -0.39 is 18.4 Å². The summed E-state index contributed by atoms with van der Waals surface area (Å²) in [4.78, 5) is 0. The molecule has 1 aliphatic rings. The Morgan fingerprint density at radius 2 is 1.23 bits per heavy atom. The molecule has 0 amide bonds. The molecule has 1 fully saturated rings. The molecule has 168 valence electrons. The van der Waals surface area contributed by atoms with Crippen LogP contribution in [0, 0.1) is 0 Å². The molecule has 1 aliphatic heterocycles. The van der Waals surface area contributed by atoms with Gasteiger partial charge < -0.3 is 0 Å². The van der Waals surface area contributed by atoms with Gasteiger partial charge in [-0.1, -0.05) is 0 Å². The molecule has 0 saturated carbocycles. The van der Waals surface area contributed by atoms with Gasteiger partial charge in [0.15, 0.2) is 0 Å². The van der Waals surface area contributed by atoms with Crippen molar-refractivity contribution in [1.82, 2.24) is 0 Å². The average Bonchev–Trinajstić information content (AvgIpc) is 2.93. The van der Waals surface area contributed by atoms with Gasteiger partial charge in [0.05, 0.1) is 0 Å². The van der Waals surface area contributed by atoms with Gasteiger partial charge in [-0.05, 0) is 0 Å². The number of hydrogen-bond acceptors (Lipinski definition) is 2. The van der Waals surface area contributed by atoms with Gasteiger partial charge in [0.25, 0.3) is 0 Å². The van der Waals surface area contributed by atoms with Crippen molar-refractivity contribution < 1.29 is 9.31 Å². The predicted molar refractivity (Wildman–Crippen MR) is 135 cm³/mol. The van der Waals surface area contributed by atoms with Crippen molar-refractivity contribution in [3.63, 3.8) is 0 Å². The van der Waals surface area contributed by atoms with E-state index >= 15 is 0 Å². The first kappa shape index (κ1) is 26.0. The third kappa shape index (κ3) is 6.39. The fourth-order valence-corrected chi connectivity index (χ4v) is 21.5. The number of rotatable bonds is 12. The van der Waals surface area contributed by atoms with E-state index in [1.165, 1.54) is 57.4 Å². The Morgan fingerprint density at radius 3 is 1.63 bits per heavy atom. The van der Waals surface area contributed by atoms with Gasteiger partial charge in [-0.25, -0.2) is 0 Å². The molecule has 1 aromatic rings. The van der Waals surface area contributed by atoms with Gasteiger partial charge in [0, 0.05) is 0 Å². The second kappa shape index (κ2) is 11.6. The first-order valence-electron chi connectivity index (χ1n) is 12.3. The summed E-state index contributed by atoms with van der Waals surface area (Å²) in [5.74, 6) is 2.42. The molecule has 0 atom stereocenters. The molecule has 1 aromatic carbocycles. The standard InChI is InChI=1S/C14H18BO2.3C4H9.Sn/c1-13(2)14(3,4)17-15(16-13)11-10-12-8-6-5-7-9-12;3*1-3-4-2;/h5-9,11H,1-4H3;3*1,3-4H2,2H3;. The Bertz CT molecular complexity index is 631. The molecule has 2 rings (SSSR count). The quantitative estimate of drug-likeness (QED) is 0.260. The Hall–Kier alpha value is -0.256. The van der Waals surface area contributed by atoms with Crippen LogP contribution in [0.2, 0.25) is 13.3 Å². The zero-order valence-corrected chi connectivity index (χ0v) is 23.6. The van der Waals surface area contributed by atoms with Crippen LogP contribution in [0.4, 0.5) is 0 Å². The van der Waals surface area contributed by atoms with E-state index in [9.17, 15) is 0 Å². The fraction of sp³-hybridized carbons (Fsp3) is 0.692. The summed E-state index contributed by atoms with van der Waals surface area (Å²) >= 11 is -2.65. The number of unbranched alkanes of at least 4 members (excludes halogenated alkanes) is 3. The summed E-state index contributed by atoms with van der Waals surface area (Å²) < 4.78 is 18.9. The van der Waals surface area contributed by atoms with E-state index in [4.69, 9.17) is 9.31 Å². The van der Waals surface area contributed by atoms with Crippen molar-refractivity contribution in [3.8, 4) is 0 Å². The second-order valence-electron chi connectivity index (χ2n) is 10.2. The summed E-state index contributed by atoms with van der Waals surface area (Å²) in [6.45, 7) is 15.7. The topological polar surface area (TPSA) is 18.5 Å². The summed E-state index contributed by atoms with van der Waals surface area (Å²) in [5.41, 5.74) is 0.848. The van der Waals surface area contributed by atoms with Gasteiger partial charge >= 0.3 is 192 Å². The van der Waals surface area contributed by atoms with E-state index in [1.54, 1.807) is 3.59 Å². The molecule has 0 N–H and O–H groups in total. The summed E-state index contributed by atoms with van der Waals surface area (Å²) in [6.07, 6.45) is 7.94. The van der Waals surface area contributed by atoms with E-state index in [0.717, 1.165) is 0 Å². The van der Waals surface area contributed by atoms with Gasteiger partial charge in [-0.15, -0.1) is 0 Å². The van der Waals surface area contributed by atoms with Crippen LogP contribution in [0.25, 0.3) is 3.59 Å². The van der Waals surface area contributed by atoms with Crippen molar-refractivity contribution in [2.45, 2.75) is 112 Å². The Labute approximate surface area is 191 Å². The molecule has 0 aromatic heterocycles. The van der Waals surface area contributed by atoms with Crippen molar-refractivity contribution >= 4 is 29.1 Å². The van der Waals surface area contributed by atoms with Crippen LogP contribution < -0.4 is 0 Å². The van der Waals surface area contributed by atoms with Crippen LogP contribution in [0.15, 0.2) is 36.3 Å². The van der Waals surface area contributed by atoms with Crippen LogP contribution in [-0.4, -0.2) is 36.7 Å². The van der Waals surface area contributed by atoms with E-state index in [-0.39, 0.29) is 18.3 Å². The van der Waals surface area contributed by atoms with Gasteiger partial charge in [0.1, 0.15) is 0 Å². The Morgan fingerprint density at radius 1 is 0.800 bits per heavy atom. The summed E-state index contributed by atoms with van der Waals surface area (Å²) in [6, 6.07) is 11.2. The average molecular weight is 519 g/mol. The van der Waals surface area contributed by atoms with Crippen LogP contribution in [0.1, 0.15) is 92.6 Å². The van der Waals surface area contributed by atoms with E-state index in [0.29, 0.717) is 0 Å². The minimum absolute atomic E-state index is 0.244. The number of benzene rings is 1. The minimum atomic E-state index is -2.65. The molecule has 30 heavy (non-hydrogen) atoms. The van der Waals surface area contributed by atoms with Crippen LogP contribution >= 0.6 is 0 Å². The van der Waals surface area contributed by atoms with E-state index in [1.807, 2.05) is 0 Å². The molecular formula is C26H45BO2Sn. The molecule has 0 spiro atoms. The normalized spacial score (nSPS) is 18.8. The van der Waals surface area contributed by atoms with Crippen LogP contribution in [0.3, 0.4) is 0 Å². The van der Waals surface area contributed by atoms with Crippen LogP contribution in [-0.2, 0) is 9.31 Å². The van der Waals surface area contributed by atoms with Crippen LogP contribution in [0.5, 0.6) is 0 Å². The third-order valence-corrected chi connectivity index (χ3v) is 23.0. The zero-order chi connectivity index (χ0) is 22.3. The van der Waals surface area contributed by atoms with Gasteiger partial charge in [-0.3, -0.25) is 0 Å². The molecule has 1 saturated heterocycles. The Kier molecular flexibility index (Phi) is 10.0. The zero-order valence-electron chi connectivity index (χ0n) is 20.7. The van der Waals surface area contributed by atoms with Crippen molar-refractivity contribution in [1.29, 1.82) is 0 Å². The molecule has 0 unspecified atom stereocenters. The van der Waals surface area contributed by atoms with Gasteiger partial charge in [-0.2, -0.15) is 0 Å². The molecule has 1 heterocycles. The summed E-state index contributed by atoms with van der Waals surface area (Å²) in [5, 5.41) is 0. The molecule has 2 nitrogen and oxygen atoms in total. The SMILES string of the molecule is CCC[CH2][Sn]([CH2]CCC)([CH2]CCC)/[C](=C/B1OC(C)(C)C(C)(C)O1)c1ccccc1. The maximum absolute atomic E-state index is 6.46. The first-order chi connectivity index (χ1) is 14.2. The van der Waals surface area contributed by atoms with Crippen molar-refractivity contribution in [2.75, 3.05) is 0 Å². The second-order valence-corrected chi connectivity index (χ2v) is 23.3. The first-order valence-corrected chi connectivity index (χ1v) is 19.8. The molecular weight excluding hydrogens is 474 g/mol. The number of hydrogen-bond donors (Lipinski definition) is 0. The summed E-state index contributed by atoms with van der Waals surface area (Å²) in [7, 11) is -0.244. The monoisotopic (exact) mass is 520 g/mol. The van der Waals surface area contributed by atoms with Gasteiger partial charge in [0.2, 0.25) is 0 Å². The molecule has 0 aliphatic carbocycles. The Balaban J connectivity index is 2.55. The predicted octanol–water partition coefficient (Wildman–Crippen LogP) is 8.09.